The van der Waals surface area contributed by atoms with Crippen LogP contribution in [-0.4, -0.2) is 24.0 Å². The lowest BCUT2D eigenvalue weighted by Crippen LogP contribution is -2.46. The second-order valence-corrected chi connectivity index (χ2v) is 6.41. The normalized spacial score (nSPS) is 37.8. The zero-order valence-electron chi connectivity index (χ0n) is 10.2. The summed E-state index contributed by atoms with van der Waals surface area (Å²) in [6.07, 6.45) is 2.36. The van der Waals surface area contributed by atoms with Gasteiger partial charge in [0.05, 0.1) is 23.0 Å². The quantitative estimate of drug-likeness (QED) is 0.791. The molecule has 0 radical (unpaired) electrons. The molecule has 3 aliphatic rings. The molecule has 2 aliphatic heterocycles. The summed E-state index contributed by atoms with van der Waals surface area (Å²) >= 11 is 1.35. The molecule has 100 valence electrons. The smallest absolute Gasteiger partial charge is 0.279 e. The van der Waals surface area contributed by atoms with E-state index in [2.05, 4.69) is 10.9 Å². The number of hydrazine groups is 1. The summed E-state index contributed by atoms with van der Waals surface area (Å²) in [5, 5.41) is 1.83. The monoisotopic (exact) mass is 278 g/mol. The minimum absolute atomic E-state index is 0.0774. The Morgan fingerprint density at radius 1 is 1.26 bits per heavy atom. The van der Waals surface area contributed by atoms with Gasteiger partial charge >= 0.3 is 0 Å². The number of rotatable bonds is 2. The van der Waals surface area contributed by atoms with Crippen LogP contribution < -0.4 is 10.9 Å². The third-order valence-corrected chi connectivity index (χ3v) is 5.26. The molecule has 0 unspecified atom stereocenters. The highest BCUT2D eigenvalue weighted by atomic mass is 32.1. The summed E-state index contributed by atoms with van der Waals surface area (Å²) in [4.78, 5) is 24.4. The van der Waals surface area contributed by atoms with Gasteiger partial charge in [0, 0.05) is 0 Å². The molecule has 6 heteroatoms. The lowest BCUT2D eigenvalue weighted by atomic mass is 9.89. The number of thiophene rings is 1. The van der Waals surface area contributed by atoms with Gasteiger partial charge in [-0.05, 0) is 36.1 Å². The first kappa shape index (κ1) is 11.4. The van der Waals surface area contributed by atoms with E-state index in [4.69, 9.17) is 4.74 Å². The molecular formula is C13H14N2O3S. The third kappa shape index (κ3) is 1.78. The zero-order chi connectivity index (χ0) is 13.0. The van der Waals surface area contributed by atoms with Gasteiger partial charge in [-0.3, -0.25) is 20.4 Å². The number of ether oxygens (including phenoxy) is 1. The largest absolute Gasteiger partial charge is 0.374 e. The van der Waals surface area contributed by atoms with Crippen molar-refractivity contribution >= 4 is 23.2 Å². The van der Waals surface area contributed by atoms with Crippen LogP contribution in [0.25, 0.3) is 0 Å². The molecule has 1 saturated carbocycles. The molecule has 2 amide bonds. The minimum Gasteiger partial charge on any atom is -0.374 e. The number of amides is 2. The van der Waals surface area contributed by atoms with E-state index < -0.39 is 0 Å². The van der Waals surface area contributed by atoms with Gasteiger partial charge in [-0.15, -0.1) is 11.3 Å². The maximum atomic E-state index is 12.1. The molecule has 2 saturated heterocycles. The van der Waals surface area contributed by atoms with Crippen molar-refractivity contribution in [1.29, 1.82) is 0 Å². The van der Waals surface area contributed by atoms with Crippen molar-refractivity contribution in [2.75, 3.05) is 0 Å². The van der Waals surface area contributed by atoms with Crippen molar-refractivity contribution in [3.8, 4) is 0 Å². The van der Waals surface area contributed by atoms with Crippen LogP contribution in [0.5, 0.6) is 0 Å². The van der Waals surface area contributed by atoms with Crippen molar-refractivity contribution in [3.05, 3.63) is 22.4 Å². The molecule has 3 fully saturated rings. The summed E-state index contributed by atoms with van der Waals surface area (Å²) in [5.41, 5.74) is 4.99. The van der Waals surface area contributed by atoms with Crippen LogP contribution in [0.1, 0.15) is 22.5 Å². The van der Waals surface area contributed by atoms with Crippen LogP contribution in [0.15, 0.2) is 17.5 Å². The Kier molecular flexibility index (Phi) is 2.43. The van der Waals surface area contributed by atoms with Gasteiger partial charge in [-0.2, -0.15) is 0 Å². The fourth-order valence-corrected chi connectivity index (χ4v) is 4.01. The molecule has 4 rings (SSSR count). The lowest BCUT2D eigenvalue weighted by molar-refractivity contribution is -0.127. The first-order chi connectivity index (χ1) is 9.24. The van der Waals surface area contributed by atoms with E-state index >= 15 is 0 Å². The molecule has 1 aromatic rings. The van der Waals surface area contributed by atoms with E-state index in [0.717, 1.165) is 6.42 Å². The Morgan fingerprint density at radius 3 is 2.84 bits per heavy atom. The Morgan fingerprint density at radius 2 is 2.16 bits per heavy atom. The van der Waals surface area contributed by atoms with E-state index in [-0.39, 0.29) is 29.9 Å². The van der Waals surface area contributed by atoms with Crippen molar-refractivity contribution < 1.29 is 14.3 Å². The first-order valence-corrected chi connectivity index (χ1v) is 7.41. The van der Waals surface area contributed by atoms with Crippen molar-refractivity contribution in [1.82, 2.24) is 10.9 Å². The molecule has 0 spiro atoms. The predicted octanol–water partition coefficient (Wildman–Crippen LogP) is 0.933. The van der Waals surface area contributed by atoms with Crippen molar-refractivity contribution in [2.24, 2.45) is 17.8 Å². The standard InChI is InChI=1S/C13H14N2O3S/c16-12(14-15-13(17)10-2-1-3-19-10)8-5-9-6-4-7(6)11(8)18-9/h1-3,6-9,11H,4-5H2,(H,14,16)(H,15,17)/t6-,7+,8-,9+,11+/m1/s1. The Hall–Kier alpha value is -1.40. The Labute approximate surface area is 114 Å². The Balaban J connectivity index is 1.34. The van der Waals surface area contributed by atoms with Gasteiger partial charge in [0.15, 0.2) is 0 Å². The zero-order valence-corrected chi connectivity index (χ0v) is 11.0. The maximum Gasteiger partial charge on any atom is 0.279 e. The third-order valence-electron chi connectivity index (χ3n) is 4.39. The molecule has 3 heterocycles. The van der Waals surface area contributed by atoms with Crippen LogP contribution in [0, 0.1) is 17.8 Å². The maximum absolute atomic E-state index is 12.1. The summed E-state index contributed by atoms with van der Waals surface area (Å²) in [5.74, 6) is 0.800. The van der Waals surface area contributed by atoms with E-state index in [9.17, 15) is 9.59 Å². The second kappa shape index (κ2) is 4.05. The predicted molar refractivity (Wildman–Crippen MR) is 68.3 cm³/mol. The number of carbonyl (C=O) groups is 2. The molecule has 1 aromatic heterocycles. The molecule has 2 bridgehead atoms. The van der Waals surface area contributed by atoms with Gasteiger partial charge in [0.1, 0.15) is 0 Å². The summed E-state index contributed by atoms with van der Waals surface area (Å²) < 4.78 is 5.78. The number of carbonyl (C=O) groups excluding carboxylic acids is 2. The highest BCUT2D eigenvalue weighted by Crippen LogP contribution is 2.60. The van der Waals surface area contributed by atoms with Gasteiger partial charge in [-0.25, -0.2) is 0 Å². The molecule has 5 nitrogen and oxygen atoms in total. The summed E-state index contributed by atoms with van der Waals surface area (Å²) in [7, 11) is 0. The summed E-state index contributed by atoms with van der Waals surface area (Å²) in [6, 6.07) is 3.53. The minimum atomic E-state index is -0.267. The topological polar surface area (TPSA) is 67.4 Å². The molecule has 5 atom stereocenters. The van der Waals surface area contributed by atoms with Gasteiger partial charge in [0.25, 0.3) is 5.91 Å². The number of nitrogens with one attached hydrogen (secondary N) is 2. The summed E-state index contributed by atoms with van der Waals surface area (Å²) in [6.45, 7) is 0. The number of hydrogen-bond donors (Lipinski definition) is 2. The van der Waals surface area contributed by atoms with E-state index in [1.54, 1.807) is 12.1 Å². The molecular weight excluding hydrogens is 264 g/mol. The van der Waals surface area contributed by atoms with Crippen LogP contribution in [-0.2, 0) is 9.53 Å². The first-order valence-electron chi connectivity index (χ1n) is 6.53. The van der Waals surface area contributed by atoms with Gasteiger partial charge < -0.3 is 4.74 Å². The van der Waals surface area contributed by atoms with Crippen molar-refractivity contribution in [2.45, 2.75) is 25.0 Å². The lowest BCUT2D eigenvalue weighted by Gasteiger charge is -2.18. The van der Waals surface area contributed by atoms with Gasteiger partial charge in [0.2, 0.25) is 5.91 Å². The van der Waals surface area contributed by atoms with Crippen LogP contribution in [0.4, 0.5) is 0 Å². The highest BCUT2D eigenvalue weighted by Gasteiger charge is 2.64. The average molecular weight is 278 g/mol. The number of hydrogen-bond acceptors (Lipinski definition) is 4. The SMILES string of the molecule is O=C(NNC(=O)[C@@H]1C[C@@H]2O[C@H]1[C@H]1C[C@H]12)c1cccs1. The van der Waals surface area contributed by atoms with E-state index in [0.29, 0.717) is 16.7 Å². The fraction of sp³-hybridized carbons (Fsp3) is 0.538. The molecule has 2 N–H and O–H groups in total. The molecule has 19 heavy (non-hydrogen) atoms. The van der Waals surface area contributed by atoms with Crippen LogP contribution in [0.3, 0.4) is 0 Å². The number of fused-ring (bicyclic) bond motifs is 5. The van der Waals surface area contributed by atoms with Crippen LogP contribution >= 0.6 is 11.3 Å². The molecule has 0 aromatic carbocycles. The van der Waals surface area contributed by atoms with Gasteiger partial charge in [-0.1, -0.05) is 6.07 Å². The second-order valence-electron chi connectivity index (χ2n) is 5.47. The molecule has 1 aliphatic carbocycles. The van der Waals surface area contributed by atoms with Crippen molar-refractivity contribution in [3.63, 3.8) is 0 Å². The van der Waals surface area contributed by atoms with Crippen LogP contribution in [0.2, 0.25) is 0 Å². The van der Waals surface area contributed by atoms with E-state index in [1.165, 1.54) is 17.8 Å². The average Bonchev–Trinajstić information content (AvgIpc) is 2.85. The Bertz CT molecular complexity index is 530. The van der Waals surface area contributed by atoms with E-state index in [1.807, 2.05) is 5.38 Å². The highest BCUT2D eigenvalue weighted by molar-refractivity contribution is 7.12. The fourth-order valence-electron chi connectivity index (χ4n) is 3.39.